The zero-order chi connectivity index (χ0) is 18.1. The van der Waals surface area contributed by atoms with E-state index in [1.165, 1.54) is 0 Å². The summed E-state index contributed by atoms with van der Waals surface area (Å²) in [5.41, 5.74) is 0.828. The van der Waals surface area contributed by atoms with Crippen molar-refractivity contribution in [3.8, 4) is 5.75 Å². The van der Waals surface area contributed by atoms with Crippen molar-refractivity contribution in [3.63, 3.8) is 0 Å². The Kier molecular flexibility index (Phi) is 4.85. The predicted octanol–water partition coefficient (Wildman–Crippen LogP) is 1.09. The van der Waals surface area contributed by atoms with Crippen LogP contribution in [-0.2, 0) is 16.0 Å². The molecule has 4 rings (SSSR count). The van der Waals surface area contributed by atoms with Crippen molar-refractivity contribution < 1.29 is 14.7 Å². The summed E-state index contributed by atoms with van der Waals surface area (Å²) >= 11 is 0. The van der Waals surface area contributed by atoms with Gasteiger partial charge in [0.1, 0.15) is 5.75 Å². The molecule has 140 valence electrons. The summed E-state index contributed by atoms with van der Waals surface area (Å²) in [5, 5.41) is 9.80. The van der Waals surface area contributed by atoms with E-state index >= 15 is 0 Å². The molecule has 0 unspecified atom stereocenters. The van der Waals surface area contributed by atoms with Crippen molar-refractivity contribution in [2.45, 2.75) is 31.7 Å². The molecule has 2 amide bonds. The van der Waals surface area contributed by atoms with E-state index in [0.29, 0.717) is 30.7 Å². The standard InChI is InChI=1S/C20H27N3O3/c24-18-4-2-1-3-15(18)7-8-19(25)22-11-9-21(10-12-22)17-13-23(14-17)20(26)16-5-6-16/h1-4,16-17,24H,5-14H2. The van der Waals surface area contributed by atoms with Gasteiger partial charge in [-0.3, -0.25) is 14.5 Å². The van der Waals surface area contributed by atoms with Crippen LogP contribution in [0.4, 0.5) is 0 Å². The molecule has 3 fully saturated rings. The summed E-state index contributed by atoms with van der Waals surface area (Å²) in [4.78, 5) is 30.8. The Morgan fingerprint density at radius 3 is 2.35 bits per heavy atom. The van der Waals surface area contributed by atoms with E-state index in [2.05, 4.69) is 4.90 Å². The van der Waals surface area contributed by atoms with E-state index in [1.54, 1.807) is 12.1 Å². The maximum atomic E-state index is 12.4. The highest BCUT2D eigenvalue weighted by atomic mass is 16.3. The Hall–Kier alpha value is -2.08. The lowest BCUT2D eigenvalue weighted by Crippen LogP contribution is -2.64. The number of rotatable bonds is 5. The van der Waals surface area contributed by atoms with Gasteiger partial charge in [-0.15, -0.1) is 0 Å². The van der Waals surface area contributed by atoms with Gasteiger partial charge in [-0.2, -0.15) is 0 Å². The molecular formula is C20H27N3O3. The molecule has 1 aliphatic carbocycles. The number of carbonyl (C=O) groups excluding carboxylic acids is 2. The minimum absolute atomic E-state index is 0.159. The Morgan fingerprint density at radius 2 is 1.69 bits per heavy atom. The van der Waals surface area contributed by atoms with Crippen LogP contribution < -0.4 is 0 Å². The van der Waals surface area contributed by atoms with E-state index in [0.717, 1.165) is 57.7 Å². The van der Waals surface area contributed by atoms with Gasteiger partial charge in [-0.05, 0) is 30.9 Å². The lowest BCUT2D eigenvalue weighted by molar-refractivity contribution is -0.141. The Bertz CT molecular complexity index is 675. The number of likely N-dealkylation sites (tertiary alicyclic amines) is 1. The molecule has 6 heteroatoms. The van der Waals surface area contributed by atoms with E-state index in [9.17, 15) is 14.7 Å². The van der Waals surface area contributed by atoms with Crippen LogP contribution in [0, 0.1) is 5.92 Å². The summed E-state index contributed by atoms with van der Waals surface area (Å²) in [6.45, 7) is 5.00. The Balaban J connectivity index is 1.18. The summed E-state index contributed by atoms with van der Waals surface area (Å²) in [6.07, 6.45) is 3.15. The van der Waals surface area contributed by atoms with Crippen LogP contribution in [0.15, 0.2) is 24.3 Å². The SMILES string of the molecule is O=C(CCc1ccccc1O)N1CCN(C2CN(C(=O)C3CC3)C2)CC1. The van der Waals surface area contributed by atoms with Crippen LogP contribution in [-0.4, -0.2) is 76.9 Å². The fourth-order valence-electron chi connectivity index (χ4n) is 3.91. The van der Waals surface area contributed by atoms with Crippen molar-refractivity contribution >= 4 is 11.8 Å². The van der Waals surface area contributed by atoms with Crippen LogP contribution in [0.3, 0.4) is 0 Å². The molecule has 0 bridgehead atoms. The normalized spacial score (nSPS) is 21.5. The summed E-state index contributed by atoms with van der Waals surface area (Å²) in [5.74, 6) is 1.08. The summed E-state index contributed by atoms with van der Waals surface area (Å²) < 4.78 is 0. The van der Waals surface area contributed by atoms with Gasteiger partial charge < -0.3 is 14.9 Å². The zero-order valence-corrected chi connectivity index (χ0v) is 15.1. The van der Waals surface area contributed by atoms with Crippen molar-refractivity contribution in [2.24, 2.45) is 5.92 Å². The van der Waals surface area contributed by atoms with Gasteiger partial charge >= 0.3 is 0 Å². The van der Waals surface area contributed by atoms with Gasteiger partial charge in [0.25, 0.3) is 0 Å². The maximum Gasteiger partial charge on any atom is 0.225 e. The predicted molar refractivity (Wildman–Crippen MR) is 97.7 cm³/mol. The maximum absolute atomic E-state index is 12.4. The zero-order valence-electron chi connectivity index (χ0n) is 15.1. The fraction of sp³-hybridized carbons (Fsp3) is 0.600. The number of aromatic hydroxyl groups is 1. The number of phenols is 1. The van der Waals surface area contributed by atoms with E-state index in [1.807, 2.05) is 21.9 Å². The average Bonchev–Trinajstić information content (AvgIpc) is 3.45. The molecule has 2 aliphatic heterocycles. The highest BCUT2D eigenvalue weighted by Crippen LogP contribution is 2.33. The third kappa shape index (κ3) is 3.70. The second-order valence-corrected chi connectivity index (χ2v) is 7.72. The first-order valence-corrected chi connectivity index (χ1v) is 9.69. The molecule has 1 aromatic carbocycles. The van der Waals surface area contributed by atoms with Crippen molar-refractivity contribution in [1.82, 2.24) is 14.7 Å². The molecule has 0 aromatic heterocycles. The number of carbonyl (C=O) groups is 2. The smallest absolute Gasteiger partial charge is 0.225 e. The first kappa shape index (κ1) is 17.3. The molecule has 26 heavy (non-hydrogen) atoms. The number of hydrogen-bond donors (Lipinski definition) is 1. The minimum Gasteiger partial charge on any atom is -0.508 e. The average molecular weight is 357 g/mol. The highest BCUT2D eigenvalue weighted by molar-refractivity contribution is 5.82. The Morgan fingerprint density at radius 1 is 1.00 bits per heavy atom. The number of amides is 2. The van der Waals surface area contributed by atoms with Gasteiger partial charge in [0.15, 0.2) is 0 Å². The van der Waals surface area contributed by atoms with Gasteiger partial charge in [0, 0.05) is 57.6 Å². The van der Waals surface area contributed by atoms with Gasteiger partial charge in [-0.1, -0.05) is 18.2 Å². The highest BCUT2D eigenvalue weighted by Gasteiger charge is 2.41. The first-order valence-electron chi connectivity index (χ1n) is 9.69. The number of phenolic OH excluding ortho intramolecular Hbond substituents is 1. The molecule has 6 nitrogen and oxygen atoms in total. The monoisotopic (exact) mass is 357 g/mol. The third-order valence-corrected chi connectivity index (χ3v) is 5.88. The largest absolute Gasteiger partial charge is 0.508 e. The number of benzene rings is 1. The van der Waals surface area contributed by atoms with Crippen LogP contribution in [0.25, 0.3) is 0 Å². The topological polar surface area (TPSA) is 64.1 Å². The number of aryl methyl sites for hydroxylation is 1. The molecule has 1 aromatic rings. The molecule has 3 aliphatic rings. The summed E-state index contributed by atoms with van der Waals surface area (Å²) in [6, 6.07) is 7.67. The van der Waals surface area contributed by atoms with E-state index in [4.69, 9.17) is 0 Å². The van der Waals surface area contributed by atoms with E-state index in [-0.39, 0.29) is 11.7 Å². The molecule has 0 spiro atoms. The summed E-state index contributed by atoms with van der Waals surface area (Å²) in [7, 11) is 0. The second kappa shape index (κ2) is 7.27. The van der Waals surface area contributed by atoms with Crippen LogP contribution in [0.5, 0.6) is 5.75 Å². The molecular weight excluding hydrogens is 330 g/mol. The number of piperazine rings is 1. The number of para-hydroxylation sites is 1. The van der Waals surface area contributed by atoms with Gasteiger partial charge in [-0.25, -0.2) is 0 Å². The van der Waals surface area contributed by atoms with Crippen molar-refractivity contribution in [3.05, 3.63) is 29.8 Å². The molecule has 0 atom stereocenters. The minimum atomic E-state index is 0.159. The number of hydrogen-bond acceptors (Lipinski definition) is 4. The molecule has 2 saturated heterocycles. The fourth-order valence-corrected chi connectivity index (χ4v) is 3.91. The van der Waals surface area contributed by atoms with Crippen LogP contribution in [0.1, 0.15) is 24.8 Å². The van der Waals surface area contributed by atoms with E-state index < -0.39 is 0 Å². The quantitative estimate of drug-likeness (QED) is 0.857. The lowest BCUT2D eigenvalue weighted by atomic mass is 10.0. The van der Waals surface area contributed by atoms with Crippen LogP contribution in [0.2, 0.25) is 0 Å². The van der Waals surface area contributed by atoms with Crippen molar-refractivity contribution in [2.75, 3.05) is 39.3 Å². The third-order valence-electron chi connectivity index (χ3n) is 5.88. The molecule has 2 heterocycles. The number of nitrogens with zero attached hydrogens (tertiary/aromatic N) is 3. The molecule has 0 radical (unpaired) electrons. The second-order valence-electron chi connectivity index (χ2n) is 7.72. The van der Waals surface area contributed by atoms with Crippen LogP contribution >= 0.6 is 0 Å². The van der Waals surface area contributed by atoms with Gasteiger partial charge in [0.05, 0.1) is 0 Å². The molecule has 1 saturated carbocycles. The first-order chi connectivity index (χ1) is 12.6. The lowest BCUT2D eigenvalue weighted by Gasteiger charge is -2.48. The van der Waals surface area contributed by atoms with Crippen molar-refractivity contribution in [1.29, 1.82) is 0 Å². The Labute approximate surface area is 154 Å². The van der Waals surface area contributed by atoms with Gasteiger partial charge in [0.2, 0.25) is 11.8 Å². The molecule has 1 N–H and O–H groups in total.